The second-order valence-electron chi connectivity index (χ2n) is 5.53. The summed E-state index contributed by atoms with van der Waals surface area (Å²) in [4.78, 5) is 14.9. The van der Waals surface area contributed by atoms with Gasteiger partial charge in [-0.25, -0.2) is 0 Å². The first kappa shape index (κ1) is 14.0. The van der Waals surface area contributed by atoms with Crippen LogP contribution in [0.5, 0.6) is 0 Å². The molecule has 3 aromatic rings. The number of fused-ring (bicyclic) bond motifs is 2. The zero-order valence-electron chi connectivity index (χ0n) is 12.5. The lowest BCUT2D eigenvalue weighted by atomic mass is 10.1. The van der Waals surface area contributed by atoms with Gasteiger partial charge in [-0.3, -0.25) is 4.79 Å². The minimum absolute atomic E-state index is 0.0645. The van der Waals surface area contributed by atoms with Gasteiger partial charge in [0, 0.05) is 17.3 Å². The quantitative estimate of drug-likeness (QED) is 0.759. The SMILES string of the molecule is O=C1c2cscc2Nc2ccccc2N1CCc1ccccc1. The molecule has 1 aliphatic rings. The lowest BCUT2D eigenvalue weighted by Gasteiger charge is -2.22. The number of nitrogens with zero attached hydrogens (tertiary/aromatic N) is 1. The average molecular weight is 320 g/mol. The van der Waals surface area contributed by atoms with Gasteiger partial charge in [-0.15, -0.1) is 11.3 Å². The molecule has 0 atom stereocenters. The van der Waals surface area contributed by atoms with Gasteiger partial charge >= 0.3 is 0 Å². The Balaban J connectivity index is 1.70. The zero-order chi connectivity index (χ0) is 15.6. The predicted octanol–water partition coefficient (Wildman–Crippen LogP) is 4.69. The molecule has 3 nitrogen and oxygen atoms in total. The molecule has 2 heterocycles. The first-order valence-corrected chi connectivity index (χ1v) is 8.55. The molecular weight excluding hydrogens is 304 g/mol. The largest absolute Gasteiger partial charge is 0.352 e. The molecule has 1 aromatic heterocycles. The number of anilines is 3. The molecule has 0 saturated carbocycles. The molecule has 4 rings (SSSR count). The Labute approximate surface area is 139 Å². The number of amides is 1. The van der Waals surface area contributed by atoms with E-state index in [0.717, 1.165) is 29.0 Å². The fourth-order valence-corrected chi connectivity index (χ4v) is 3.64. The van der Waals surface area contributed by atoms with Crippen molar-refractivity contribution in [3.8, 4) is 0 Å². The highest BCUT2D eigenvalue weighted by atomic mass is 32.1. The van der Waals surface area contributed by atoms with Crippen molar-refractivity contribution in [2.75, 3.05) is 16.8 Å². The van der Waals surface area contributed by atoms with Crippen LogP contribution in [0.15, 0.2) is 65.4 Å². The highest BCUT2D eigenvalue weighted by molar-refractivity contribution is 7.08. The molecule has 2 aromatic carbocycles. The maximum absolute atomic E-state index is 13.0. The minimum atomic E-state index is 0.0645. The molecular formula is C19H16N2OS. The van der Waals surface area contributed by atoms with Crippen LogP contribution in [0.25, 0.3) is 0 Å². The van der Waals surface area contributed by atoms with Crippen LogP contribution in [-0.4, -0.2) is 12.5 Å². The number of thiophene rings is 1. The molecule has 1 N–H and O–H groups in total. The van der Waals surface area contributed by atoms with Gasteiger partial charge in [0.15, 0.2) is 0 Å². The van der Waals surface area contributed by atoms with Crippen molar-refractivity contribution in [3.05, 3.63) is 76.5 Å². The molecule has 114 valence electrons. The summed E-state index contributed by atoms with van der Waals surface area (Å²) in [7, 11) is 0. The molecule has 0 bridgehead atoms. The van der Waals surface area contributed by atoms with E-state index < -0.39 is 0 Å². The van der Waals surface area contributed by atoms with Gasteiger partial charge in [0.2, 0.25) is 0 Å². The first-order chi connectivity index (χ1) is 11.3. The molecule has 4 heteroatoms. The van der Waals surface area contributed by atoms with Gasteiger partial charge < -0.3 is 10.2 Å². The van der Waals surface area contributed by atoms with Crippen LogP contribution in [0.4, 0.5) is 17.1 Å². The Kier molecular flexibility index (Phi) is 3.60. The van der Waals surface area contributed by atoms with E-state index >= 15 is 0 Å². The van der Waals surface area contributed by atoms with Crippen LogP contribution in [0.3, 0.4) is 0 Å². The van der Waals surface area contributed by atoms with Crippen LogP contribution in [-0.2, 0) is 6.42 Å². The highest BCUT2D eigenvalue weighted by Crippen LogP contribution is 2.37. The number of benzene rings is 2. The number of para-hydroxylation sites is 2. The zero-order valence-corrected chi connectivity index (χ0v) is 13.3. The molecule has 0 unspecified atom stereocenters. The smallest absolute Gasteiger partial charge is 0.261 e. The van der Waals surface area contributed by atoms with Gasteiger partial charge in [-0.1, -0.05) is 42.5 Å². The van der Waals surface area contributed by atoms with E-state index in [0.29, 0.717) is 6.54 Å². The lowest BCUT2D eigenvalue weighted by Crippen LogP contribution is -2.32. The van der Waals surface area contributed by atoms with E-state index in [1.807, 2.05) is 58.1 Å². The molecule has 0 saturated heterocycles. The Morgan fingerprint density at radius 2 is 1.70 bits per heavy atom. The molecule has 0 fully saturated rings. The predicted molar refractivity (Wildman–Crippen MR) is 95.9 cm³/mol. The molecule has 1 amide bonds. The third kappa shape index (κ3) is 2.62. The van der Waals surface area contributed by atoms with Crippen molar-refractivity contribution in [2.45, 2.75) is 6.42 Å². The van der Waals surface area contributed by atoms with Crippen molar-refractivity contribution in [1.82, 2.24) is 0 Å². The number of nitrogens with one attached hydrogen (secondary N) is 1. The third-order valence-electron chi connectivity index (χ3n) is 4.07. The summed E-state index contributed by atoms with van der Waals surface area (Å²) in [5.74, 6) is 0.0645. The summed E-state index contributed by atoms with van der Waals surface area (Å²) < 4.78 is 0. The fourth-order valence-electron chi connectivity index (χ4n) is 2.88. The first-order valence-electron chi connectivity index (χ1n) is 7.61. The maximum atomic E-state index is 13.0. The van der Waals surface area contributed by atoms with E-state index in [1.54, 1.807) is 11.3 Å². The Bertz CT molecular complexity index is 841. The van der Waals surface area contributed by atoms with E-state index in [9.17, 15) is 4.79 Å². The summed E-state index contributed by atoms with van der Waals surface area (Å²) >= 11 is 1.55. The van der Waals surface area contributed by atoms with Crippen molar-refractivity contribution in [1.29, 1.82) is 0 Å². The van der Waals surface area contributed by atoms with Gasteiger partial charge in [0.25, 0.3) is 5.91 Å². The van der Waals surface area contributed by atoms with E-state index in [4.69, 9.17) is 0 Å². The molecule has 0 radical (unpaired) electrons. The maximum Gasteiger partial charge on any atom is 0.261 e. The molecule has 0 spiro atoms. The summed E-state index contributed by atoms with van der Waals surface area (Å²) in [5.41, 5.74) is 4.80. The van der Waals surface area contributed by atoms with Crippen LogP contribution >= 0.6 is 11.3 Å². The number of hydrogen-bond donors (Lipinski definition) is 1. The summed E-state index contributed by atoms with van der Waals surface area (Å²) in [5, 5.41) is 7.30. The topological polar surface area (TPSA) is 32.3 Å². The summed E-state index contributed by atoms with van der Waals surface area (Å²) in [6.45, 7) is 0.664. The van der Waals surface area contributed by atoms with Gasteiger partial charge in [0.1, 0.15) is 0 Å². The summed E-state index contributed by atoms with van der Waals surface area (Å²) in [6.07, 6.45) is 0.834. The number of rotatable bonds is 3. The third-order valence-corrected chi connectivity index (χ3v) is 4.81. The standard InChI is InChI=1S/C19H16N2OS/c22-19-15-12-23-13-17(15)20-16-8-4-5-9-18(16)21(19)11-10-14-6-2-1-3-7-14/h1-9,12-13,20H,10-11H2. The van der Waals surface area contributed by atoms with Crippen molar-refractivity contribution < 1.29 is 4.79 Å². The number of hydrogen-bond acceptors (Lipinski definition) is 3. The monoisotopic (exact) mass is 320 g/mol. The normalized spacial score (nSPS) is 13.0. The minimum Gasteiger partial charge on any atom is -0.352 e. The molecule has 23 heavy (non-hydrogen) atoms. The number of carbonyl (C=O) groups is 1. The average Bonchev–Trinajstić information content (AvgIpc) is 3.01. The fraction of sp³-hybridized carbons (Fsp3) is 0.105. The Morgan fingerprint density at radius 3 is 2.57 bits per heavy atom. The van der Waals surface area contributed by atoms with Crippen molar-refractivity contribution >= 4 is 34.3 Å². The Morgan fingerprint density at radius 1 is 0.913 bits per heavy atom. The number of carbonyl (C=O) groups excluding carboxylic acids is 1. The highest BCUT2D eigenvalue weighted by Gasteiger charge is 2.26. The van der Waals surface area contributed by atoms with Gasteiger partial charge in [-0.2, -0.15) is 0 Å². The van der Waals surface area contributed by atoms with Gasteiger partial charge in [-0.05, 0) is 24.1 Å². The molecule has 1 aliphatic heterocycles. The van der Waals surface area contributed by atoms with Crippen molar-refractivity contribution in [2.24, 2.45) is 0 Å². The van der Waals surface area contributed by atoms with E-state index in [-0.39, 0.29) is 5.91 Å². The van der Waals surface area contributed by atoms with E-state index in [1.165, 1.54) is 5.56 Å². The van der Waals surface area contributed by atoms with Gasteiger partial charge in [0.05, 0.1) is 22.6 Å². The second-order valence-corrected chi connectivity index (χ2v) is 6.28. The second kappa shape index (κ2) is 5.89. The van der Waals surface area contributed by atoms with Crippen LogP contribution < -0.4 is 10.2 Å². The van der Waals surface area contributed by atoms with Crippen LogP contribution in [0, 0.1) is 0 Å². The Hall–Kier alpha value is -2.59. The van der Waals surface area contributed by atoms with Crippen molar-refractivity contribution in [3.63, 3.8) is 0 Å². The lowest BCUT2D eigenvalue weighted by molar-refractivity contribution is 0.0989. The summed E-state index contributed by atoms with van der Waals surface area (Å²) in [6, 6.07) is 18.3. The van der Waals surface area contributed by atoms with Crippen LogP contribution in [0.1, 0.15) is 15.9 Å². The van der Waals surface area contributed by atoms with Crippen LogP contribution in [0.2, 0.25) is 0 Å². The molecule has 0 aliphatic carbocycles. The van der Waals surface area contributed by atoms with E-state index in [2.05, 4.69) is 17.4 Å².